The molecule has 1 atom stereocenters. The molecule has 0 aromatic carbocycles. The number of carbonyl (C=O) groups is 1. The quantitative estimate of drug-likeness (QED) is 0.919. The van der Waals surface area contributed by atoms with Crippen molar-refractivity contribution in [2.75, 3.05) is 19.6 Å². The second kappa shape index (κ2) is 6.69. The monoisotopic (exact) mass is 316 g/mol. The van der Waals surface area contributed by atoms with E-state index in [4.69, 9.17) is 0 Å². The molecule has 1 aromatic rings. The number of carbonyl (C=O) groups excluding carboxylic acids is 1. The molecule has 1 N–H and O–H groups in total. The summed E-state index contributed by atoms with van der Waals surface area (Å²) in [6, 6.07) is 3.21. The van der Waals surface area contributed by atoms with Gasteiger partial charge in [0.25, 0.3) is 10.0 Å². The van der Waals surface area contributed by atoms with Gasteiger partial charge < -0.3 is 4.90 Å². The zero-order valence-corrected chi connectivity index (χ0v) is 13.2. The van der Waals surface area contributed by atoms with E-state index in [2.05, 4.69) is 11.6 Å². The summed E-state index contributed by atoms with van der Waals surface area (Å²) in [5.41, 5.74) is 0. The average molecular weight is 316 g/mol. The molecule has 2 rings (SSSR count). The number of nitrogens with one attached hydrogen (secondary N) is 1. The van der Waals surface area contributed by atoms with Crippen molar-refractivity contribution in [3.05, 3.63) is 17.5 Å². The minimum atomic E-state index is -3.55. The van der Waals surface area contributed by atoms with Crippen LogP contribution in [0.5, 0.6) is 0 Å². The van der Waals surface area contributed by atoms with E-state index in [-0.39, 0.29) is 16.7 Å². The fraction of sp³-hybridized carbons (Fsp3) is 0.615. The first-order chi connectivity index (χ1) is 9.49. The van der Waals surface area contributed by atoms with Crippen LogP contribution < -0.4 is 4.72 Å². The molecule has 1 amide bonds. The van der Waals surface area contributed by atoms with Crippen LogP contribution in [0.15, 0.2) is 21.7 Å². The van der Waals surface area contributed by atoms with Crippen molar-refractivity contribution in [2.45, 2.75) is 30.4 Å². The Morgan fingerprint density at radius 3 is 2.95 bits per heavy atom. The highest BCUT2D eigenvalue weighted by Crippen LogP contribution is 2.17. The second-order valence-electron chi connectivity index (χ2n) is 5.17. The maximum absolute atomic E-state index is 12.1. The number of amides is 1. The van der Waals surface area contributed by atoms with E-state index in [0.29, 0.717) is 5.92 Å². The van der Waals surface area contributed by atoms with Crippen LogP contribution in [0, 0.1) is 5.92 Å². The fourth-order valence-electron chi connectivity index (χ4n) is 2.27. The standard InChI is InChI=1S/C13H20N2O3S2/c1-11-4-2-7-15(8-6-11)12(16)10-14-20(17,18)13-5-3-9-19-13/h3,5,9,11,14H,2,4,6-8,10H2,1H3/t11-/m1/s1. The first-order valence-electron chi connectivity index (χ1n) is 6.80. The van der Waals surface area contributed by atoms with Crippen molar-refractivity contribution in [1.29, 1.82) is 0 Å². The van der Waals surface area contributed by atoms with Crippen molar-refractivity contribution in [2.24, 2.45) is 5.92 Å². The van der Waals surface area contributed by atoms with Crippen LogP contribution in [0.3, 0.4) is 0 Å². The number of hydrogen-bond acceptors (Lipinski definition) is 4. The minimum absolute atomic E-state index is 0.140. The molecular formula is C13H20N2O3S2. The Bertz CT molecular complexity index is 540. The largest absolute Gasteiger partial charge is 0.342 e. The summed E-state index contributed by atoms with van der Waals surface area (Å²) in [6.45, 7) is 3.48. The maximum atomic E-state index is 12.1. The van der Waals surface area contributed by atoms with Crippen LogP contribution in [0.1, 0.15) is 26.2 Å². The molecule has 0 aliphatic carbocycles. The number of rotatable bonds is 4. The topological polar surface area (TPSA) is 66.5 Å². The third-order valence-corrected chi connectivity index (χ3v) is 6.34. The molecule has 1 fully saturated rings. The number of thiophene rings is 1. The SMILES string of the molecule is C[C@@H]1CCCN(C(=O)CNS(=O)(=O)c2cccs2)CC1. The highest BCUT2D eigenvalue weighted by Gasteiger charge is 2.21. The first-order valence-corrected chi connectivity index (χ1v) is 9.16. The third kappa shape index (κ3) is 4.04. The van der Waals surface area contributed by atoms with Crippen molar-refractivity contribution in [3.8, 4) is 0 Å². The number of likely N-dealkylation sites (tertiary alicyclic amines) is 1. The summed E-state index contributed by atoms with van der Waals surface area (Å²) >= 11 is 1.15. The third-order valence-electron chi connectivity index (χ3n) is 3.54. The lowest BCUT2D eigenvalue weighted by atomic mass is 10.0. The lowest BCUT2D eigenvalue weighted by molar-refractivity contribution is -0.129. The lowest BCUT2D eigenvalue weighted by Gasteiger charge is -2.20. The van der Waals surface area contributed by atoms with E-state index in [1.807, 2.05) is 0 Å². The van der Waals surface area contributed by atoms with Crippen LogP contribution in [-0.4, -0.2) is 38.9 Å². The molecule has 0 spiro atoms. The van der Waals surface area contributed by atoms with Crippen molar-refractivity contribution in [3.63, 3.8) is 0 Å². The molecule has 0 unspecified atom stereocenters. The molecule has 0 bridgehead atoms. The van der Waals surface area contributed by atoms with Gasteiger partial charge >= 0.3 is 0 Å². The number of nitrogens with zero attached hydrogens (tertiary/aromatic N) is 1. The molecule has 1 aliphatic heterocycles. The summed E-state index contributed by atoms with van der Waals surface area (Å²) < 4.78 is 26.5. The van der Waals surface area contributed by atoms with Gasteiger partial charge in [0.1, 0.15) is 4.21 Å². The first kappa shape index (κ1) is 15.5. The van der Waals surface area contributed by atoms with Crippen LogP contribution in [-0.2, 0) is 14.8 Å². The van der Waals surface area contributed by atoms with Gasteiger partial charge in [0, 0.05) is 13.1 Å². The lowest BCUT2D eigenvalue weighted by Crippen LogP contribution is -2.40. The summed E-state index contributed by atoms with van der Waals surface area (Å²) in [4.78, 5) is 13.8. The van der Waals surface area contributed by atoms with Crippen molar-refractivity contribution >= 4 is 27.3 Å². The number of hydrogen-bond donors (Lipinski definition) is 1. The van der Waals surface area contributed by atoms with Gasteiger partial charge in [-0.2, -0.15) is 0 Å². The Labute approximate surface area is 124 Å². The predicted molar refractivity (Wildman–Crippen MR) is 79.1 cm³/mol. The minimum Gasteiger partial charge on any atom is -0.342 e. The zero-order valence-electron chi connectivity index (χ0n) is 11.5. The Morgan fingerprint density at radius 1 is 1.45 bits per heavy atom. The highest BCUT2D eigenvalue weighted by atomic mass is 32.2. The summed E-state index contributed by atoms with van der Waals surface area (Å²) in [6.07, 6.45) is 3.11. The Balaban J connectivity index is 1.89. The van der Waals surface area contributed by atoms with Gasteiger partial charge in [-0.15, -0.1) is 11.3 Å². The zero-order chi connectivity index (χ0) is 14.6. The maximum Gasteiger partial charge on any atom is 0.250 e. The molecular weight excluding hydrogens is 296 g/mol. The molecule has 1 aromatic heterocycles. The van der Waals surface area contributed by atoms with Crippen molar-refractivity contribution < 1.29 is 13.2 Å². The van der Waals surface area contributed by atoms with Gasteiger partial charge in [-0.3, -0.25) is 4.79 Å². The van der Waals surface area contributed by atoms with Gasteiger partial charge in [-0.05, 0) is 36.6 Å². The van der Waals surface area contributed by atoms with E-state index < -0.39 is 10.0 Å². The molecule has 0 radical (unpaired) electrons. The molecule has 7 heteroatoms. The van der Waals surface area contributed by atoms with Gasteiger partial charge in [0.2, 0.25) is 5.91 Å². The van der Waals surface area contributed by atoms with Gasteiger partial charge in [-0.25, -0.2) is 13.1 Å². The molecule has 1 aliphatic rings. The molecule has 5 nitrogen and oxygen atoms in total. The molecule has 2 heterocycles. The number of sulfonamides is 1. The van der Waals surface area contributed by atoms with Crippen molar-refractivity contribution in [1.82, 2.24) is 9.62 Å². The Hall–Kier alpha value is -0.920. The van der Waals surface area contributed by atoms with Crippen LogP contribution in [0.2, 0.25) is 0 Å². The molecule has 1 saturated heterocycles. The van der Waals surface area contributed by atoms with Crippen LogP contribution in [0.4, 0.5) is 0 Å². The van der Waals surface area contributed by atoms with E-state index >= 15 is 0 Å². The Morgan fingerprint density at radius 2 is 2.25 bits per heavy atom. The molecule has 20 heavy (non-hydrogen) atoms. The smallest absolute Gasteiger partial charge is 0.250 e. The van der Waals surface area contributed by atoms with Gasteiger partial charge in [-0.1, -0.05) is 13.0 Å². The van der Waals surface area contributed by atoms with Gasteiger partial charge in [0.15, 0.2) is 0 Å². The van der Waals surface area contributed by atoms with Crippen LogP contribution in [0.25, 0.3) is 0 Å². The van der Waals surface area contributed by atoms with Gasteiger partial charge in [0.05, 0.1) is 6.54 Å². The van der Waals surface area contributed by atoms with E-state index in [1.165, 1.54) is 6.07 Å². The van der Waals surface area contributed by atoms with E-state index in [1.54, 1.807) is 16.3 Å². The summed E-state index contributed by atoms with van der Waals surface area (Å²) in [7, 11) is -3.55. The second-order valence-corrected chi connectivity index (χ2v) is 8.11. The average Bonchev–Trinajstić information content (AvgIpc) is 2.87. The molecule has 0 saturated carbocycles. The van der Waals surface area contributed by atoms with E-state index in [9.17, 15) is 13.2 Å². The highest BCUT2D eigenvalue weighted by molar-refractivity contribution is 7.91. The summed E-state index contributed by atoms with van der Waals surface area (Å²) in [5.74, 6) is 0.495. The van der Waals surface area contributed by atoms with Crippen LogP contribution >= 0.6 is 11.3 Å². The summed E-state index contributed by atoms with van der Waals surface area (Å²) in [5, 5.41) is 1.70. The normalized spacial score (nSPS) is 20.6. The predicted octanol–water partition coefficient (Wildman–Crippen LogP) is 1.68. The fourth-order valence-corrected chi connectivity index (χ4v) is 4.28. The van der Waals surface area contributed by atoms with E-state index in [0.717, 1.165) is 43.7 Å². The Kier molecular flexibility index (Phi) is 5.17. The molecule has 112 valence electrons.